The number of rotatable bonds is 5. The molecule has 0 radical (unpaired) electrons. The third-order valence-corrected chi connectivity index (χ3v) is 4.86. The zero-order chi connectivity index (χ0) is 22.0. The Morgan fingerprint density at radius 1 is 1.03 bits per heavy atom. The first-order valence-corrected chi connectivity index (χ1v) is 10.1. The van der Waals surface area contributed by atoms with E-state index in [0.717, 1.165) is 5.56 Å². The molecular weight excluding hydrogens is 414 g/mol. The van der Waals surface area contributed by atoms with Crippen LogP contribution in [0, 0.1) is 0 Å². The quantitative estimate of drug-likeness (QED) is 0.425. The molecule has 31 heavy (non-hydrogen) atoms. The van der Waals surface area contributed by atoms with Gasteiger partial charge in [0.05, 0.1) is 28.0 Å². The monoisotopic (exact) mass is 433 g/mol. The predicted octanol–water partition coefficient (Wildman–Crippen LogP) is 4.67. The fourth-order valence-corrected chi connectivity index (χ4v) is 3.32. The van der Waals surface area contributed by atoms with E-state index in [-0.39, 0.29) is 17.9 Å². The lowest BCUT2D eigenvalue weighted by Gasteiger charge is -2.08. The number of benzene rings is 2. The number of anilines is 1. The van der Waals surface area contributed by atoms with Gasteiger partial charge >= 0.3 is 0 Å². The first-order chi connectivity index (χ1) is 14.9. The van der Waals surface area contributed by atoms with E-state index in [1.165, 1.54) is 6.20 Å². The molecule has 0 saturated carbocycles. The van der Waals surface area contributed by atoms with Crippen molar-refractivity contribution in [3.05, 3.63) is 76.9 Å². The first kappa shape index (κ1) is 20.6. The molecule has 0 fully saturated rings. The van der Waals surface area contributed by atoms with Crippen molar-refractivity contribution in [2.75, 3.05) is 5.32 Å². The topological polar surface area (TPSA) is 99.8 Å². The lowest BCUT2D eigenvalue weighted by Crippen LogP contribution is -2.30. The molecule has 2 aromatic carbocycles. The molecule has 0 atom stereocenters. The van der Waals surface area contributed by atoms with Gasteiger partial charge in [0, 0.05) is 17.2 Å². The summed E-state index contributed by atoms with van der Waals surface area (Å²) in [6, 6.07) is 15.8. The Morgan fingerprint density at radius 2 is 1.84 bits per heavy atom. The van der Waals surface area contributed by atoms with Gasteiger partial charge in [-0.1, -0.05) is 35.9 Å². The van der Waals surface area contributed by atoms with E-state index in [1.807, 2.05) is 19.9 Å². The SMILES string of the molecule is CC(C)NC(=O)c1cccc(-c2nc3ncc(NC(=O)c4ccccc4Cl)cc3[nH]2)c1. The minimum atomic E-state index is -0.324. The molecule has 4 rings (SSSR count). The number of imidazole rings is 1. The zero-order valence-electron chi connectivity index (χ0n) is 16.9. The molecule has 8 heteroatoms. The Hall–Kier alpha value is -3.71. The Kier molecular flexibility index (Phi) is 5.68. The second-order valence-electron chi connectivity index (χ2n) is 7.32. The maximum absolute atomic E-state index is 12.5. The summed E-state index contributed by atoms with van der Waals surface area (Å²) < 4.78 is 0. The van der Waals surface area contributed by atoms with Gasteiger partial charge in [-0.15, -0.1) is 0 Å². The molecule has 2 aromatic heterocycles. The lowest BCUT2D eigenvalue weighted by atomic mass is 10.1. The van der Waals surface area contributed by atoms with Crippen LogP contribution in [0.4, 0.5) is 5.69 Å². The zero-order valence-corrected chi connectivity index (χ0v) is 17.7. The van der Waals surface area contributed by atoms with Crippen LogP contribution in [0.1, 0.15) is 34.6 Å². The molecule has 3 N–H and O–H groups in total. The molecule has 0 saturated heterocycles. The number of hydrogen-bond acceptors (Lipinski definition) is 4. The summed E-state index contributed by atoms with van der Waals surface area (Å²) in [6.07, 6.45) is 1.54. The van der Waals surface area contributed by atoms with E-state index in [4.69, 9.17) is 11.6 Å². The number of carbonyl (C=O) groups excluding carboxylic acids is 2. The number of hydrogen-bond donors (Lipinski definition) is 3. The standard InChI is InChI=1S/C23H20ClN5O2/c1-13(2)26-22(30)15-7-5-6-14(10-15)20-28-19-11-16(12-25-21(19)29-20)27-23(31)17-8-3-4-9-18(17)24/h3-13H,1-2H3,(H,26,30)(H,27,31)(H,25,28,29). The summed E-state index contributed by atoms with van der Waals surface area (Å²) in [6.45, 7) is 3.82. The highest BCUT2D eigenvalue weighted by molar-refractivity contribution is 6.34. The van der Waals surface area contributed by atoms with Crippen molar-refractivity contribution >= 4 is 40.3 Å². The fourth-order valence-electron chi connectivity index (χ4n) is 3.10. The molecule has 4 aromatic rings. The van der Waals surface area contributed by atoms with Gasteiger partial charge in [0.2, 0.25) is 0 Å². The summed E-state index contributed by atoms with van der Waals surface area (Å²) in [5, 5.41) is 6.05. The minimum absolute atomic E-state index is 0.0472. The van der Waals surface area contributed by atoms with Gasteiger partial charge in [-0.05, 0) is 44.2 Å². The lowest BCUT2D eigenvalue weighted by molar-refractivity contribution is 0.0942. The van der Waals surface area contributed by atoms with E-state index in [2.05, 4.69) is 25.6 Å². The molecule has 0 unspecified atom stereocenters. The largest absolute Gasteiger partial charge is 0.350 e. The van der Waals surface area contributed by atoms with Crippen molar-refractivity contribution < 1.29 is 9.59 Å². The number of pyridine rings is 1. The highest BCUT2D eigenvalue weighted by atomic mass is 35.5. The van der Waals surface area contributed by atoms with Gasteiger partial charge in [0.25, 0.3) is 11.8 Å². The van der Waals surface area contributed by atoms with Gasteiger partial charge < -0.3 is 15.6 Å². The second-order valence-corrected chi connectivity index (χ2v) is 7.73. The number of nitrogens with zero attached hydrogens (tertiary/aromatic N) is 2. The van der Waals surface area contributed by atoms with Crippen LogP contribution >= 0.6 is 11.6 Å². The van der Waals surface area contributed by atoms with E-state index in [0.29, 0.717) is 38.8 Å². The Balaban J connectivity index is 1.59. The third kappa shape index (κ3) is 4.57. The number of fused-ring (bicyclic) bond motifs is 1. The molecule has 156 valence electrons. The van der Waals surface area contributed by atoms with Crippen molar-refractivity contribution in [3.8, 4) is 11.4 Å². The van der Waals surface area contributed by atoms with Crippen molar-refractivity contribution in [2.45, 2.75) is 19.9 Å². The van der Waals surface area contributed by atoms with Gasteiger partial charge in [-0.25, -0.2) is 9.97 Å². The smallest absolute Gasteiger partial charge is 0.257 e. The fraction of sp³-hybridized carbons (Fsp3) is 0.130. The molecule has 0 aliphatic heterocycles. The maximum atomic E-state index is 12.5. The van der Waals surface area contributed by atoms with Crippen molar-refractivity contribution in [3.63, 3.8) is 0 Å². The van der Waals surface area contributed by atoms with E-state index in [9.17, 15) is 9.59 Å². The van der Waals surface area contributed by atoms with Gasteiger partial charge in [0.1, 0.15) is 5.82 Å². The van der Waals surface area contributed by atoms with Gasteiger partial charge in [-0.2, -0.15) is 0 Å². The summed E-state index contributed by atoms with van der Waals surface area (Å²) in [5.41, 5.74) is 3.36. The molecule has 0 bridgehead atoms. The third-order valence-electron chi connectivity index (χ3n) is 4.53. The van der Waals surface area contributed by atoms with E-state index < -0.39 is 0 Å². The number of aromatic amines is 1. The number of H-pyrrole nitrogens is 1. The van der Waals surface area contributed by atoms with Crippen molar-refractivity contribution in [1.29, 1.82) is 0 Å². The predicted molar refractivity (Wildman–Crippen MR) is 121 cm³/mol. The van der Waals surface area contributed by atoms with Crippen LogP contribution in [0.25, 0.3) is 22.6 Å². The van der Waals surface area contributed by atoms with Crippen LogP contribution in [0.2, 0.25) is 5.02 Å². The van der Waals surface area contributed by atoms with Crippen molar-refractivity contribution in [1.82, 2.24) is 20.3 Å². The van der Waals surface area contributed by atoms with E-state index >= 15 is 0 Å². The average Bonchev–Trinajstić information content (AvgIpc) is 3.17. The summed E-state index contributed by atoms with van der Waals surface area (Å²) in [4.78, 5) is 36.8. The van der Waals surface area contributed by atoms with Crippen LogP contribution in [0.5, 0.6) is 0 Å². The molecule has 2 heterocycles. The normalized spacial score (nSPS) is 11.0. The van der Waals surface area contributed by atoms with Crippen molar-refractivity contribution in [2.24, 2.45) is 0 Å². The number of nitrogens with one attached hydrogen (secondary N) is 3. The van der Waals surface area contributed by atoms with Gasteiger partial charge in [-0.3, -0.25) is 9.59 Å². The average molecular weight is 434 g/mol. The van der Waals surface area contributed by atoms with Crippen LogP contribution in [-0.4, -0.2) is 32.8 Å². The number of halogens is 1. The maximum Gasteiger partial charge on any atom is 0.257 e. The molecule has 0 spiro atoms. The number of amides is 2. The number of carbonyl (C=O) groups is 2. The van der Waals surface area contributed by atoms with Crippen LogP contribution < -0.4 is 10.6 Å². The molecule has 0 aliphatic carbocycles. The Labute approximate surface area is 183 Å². The molecule has 2 amide bonds. The first-order valence-electron chi connectivity index (χ1n) is 9.73. The van der Waals surface area contributed by atoms with E-state index in [1.54, 1.807) is 48.5 Å². The van der Waals surface area contributed by atoms with Gasteiger partial charge in [0.15, 0.2) is 5.65 Å². The number of aromatic nitrogens is 3. The highest BCUT2D eigenvalue weighted by Crippen LogP contribution is 2.23. The van der Waals surface area contributed by atoms with Crippen LogP contribution in [0.3, 0.4) is 0 Å². The second kappa shape index (κ2) is 8.57. The summed E-state index contributed by atoms with van der Waals surface area (Å²) >= 11 is 6.09. The molecule has 7 nitrogen and oxygen atoms in total. The summed E-state index contributed by atoms with van der Waals surface area (Å²) in [7, 11) is 0. The highest BCUT2D eigenvalue weighted by Gasteiger charge is 2.13. The van der Waals surface area contributed by atoms with Crippen LogP contribution in [-0.2, 0) is 0 Å². The Bertz CT molecular complexity index is 1280. The summed E-state index contributed by atoms with van der Waals surface area (Å²) in [5.74, 6) is 0.113. The molecule has 0 aliphatic rings. The van der Waals surface area contributed by atoms with Crippen LogP contribution in [0.15, 0.2) is 60.8 Å². The minimum Gasteiger partial charge on any atom is -0.350 e. The molecular formula is C23H20ClN5O2. The Morgan fingerprint density at radius 3 is 2.61 bits per heavy atom.